The van der Waals surface area contributed by atoms with Gasteiger partial charge in [0.25, 0.3) is 0 Å². The number of ether oxygens (including phenoxy) is 1. The second-order valence-corrected chi connectivity index (χ2v) is 5.38. The Morgan fingerprint density at radius 1 is 1.18 bits per heavy atom. The van der Waals surface area contributed by atoms with E-state index in [0.29, 0.717) is 0 Å². The zero-order chi connectivity index (χ0) is 16.2. The summed E-state index contributed by atoms with van der Waals surface area (Å²) >= 11 is 0. The molecule has 0 saturated heterocycles. The molecule has 0 aliphatic rings. The molecule has 1 aromatic carbocycles. The lowest BCUT2D eigenvalue weighted by molar-refractivity contribution is -0.137. The van der Waals surface area contributed by atoms with Crippen molar-refractivity contribution < 1.29 is 14.6 Å². The molecule has 0 unspecified atom stereocenters. The van der Waals surface area contributed by atoms with Gasteiger partial charge < -0.3 is 9.84 Å². The molecule has 120 valence electrons. The Hall–Kier alpha value is -1.95. The van der Waals surface area contributed by atoms with E-state index in [1.54, 1.807) is 6.92 Å². The molecule has 0 aromatic heterocycles. The number of carbonyl (C=O) groups is 1. The Labute approximate surface area is 133 Å². The molecule has 0 spiro atoms. The van der Waals surface area contributed by atoms with Crippen LogP contribution in [0.5, 0.6) is 5.75 Å². The molecule has 1 N–H and O–H groups in total. The fourth-order valence-electron chi connectivity index (χ4n) is 2.29. The van der Waals surface area contributed by atoms with Gasteiger partial charge >= 0.3 is 5.97 Å². The van der Waals surface area contributed by atoms with E-state index in [2.05, 4.69) is 18.8 Å². The van der Waals surface area contributed by atoms with E-state index in [0.717, 1.165) is 24.3 Å². The average Bonchev–Trinajstić information content (AvgIpc) is 2.50. The Kier molecular flexibility index (Phi) is 8.83. The van der Waals surface area contributed by atoms with Crippen LogP contribution in [-0.4, -0.2) is 17.7 Å². The quantitative estimate of drug-likeness (QED) is 0.507. The van der Waals surface area contributed by atoms with Gasteiger partial charge in [0.15, 0.2) is 0 Å². The molecule has 3 heteroatoms. The summed E-state index contributed by atoms with van der Waals surface area (Å²) in [6.45, 7) is 4.67. The first-order chi connectivity index (χ1) is 10.7. The fourth-order valence-corrected chi connectivity index (χ4v) is 2.29. The van der Waals surface area contributed by atoms with E-state index < -0.39 is 5.97 Å². The topological polar surface area (TPSA) is 46.5 Å². The molecule has 0 aliphatic heterocycles. The predicted molar refractivity (Wildman–Crippen MR) is 89.1 cm³/mol. The number of hydrogen-bond acceptors (Lipinski definition) is 2. The maximum Gasteiger partial charge on any atom is 0.304 e. The van der Waals surface area contributed by atoms with Crippen molar-refractivity contribution in [1.82, 2.24) is 0 Å². The number of carboxylic acids is 1. The lowest BCUT2D eigenvalue weighted by atomic mass is 9.96. The second kappa shape index (κ2) is 10.7. The summed E-state index contributed by atoms with van der Waals surface area (Å²) in [5, 5.41) is 8.94. The first-order valence-corrected chi connectivity index (χ1v) is 8.04. The van der Waals surface area contributed by atoms with Gasteiger partial charge in [-0.25, -0.2) is 0 Å². The fraction of sp³-hybridized carbons (Fsp3) is 0.526. The average molecular weight is 302 g/mol. The summed E-state index contributed by atoms with van der Waals surface area (Å²) in [7, 11) is 0. The van der Waals surface area contributed by atoms with Gasteiger partial charge in [0, 0.05) is 0 Å². The Balaban J connectivity index is 2.46. The van der Waals surface area contributed by atoms with Crippen molar-refractivity contribution in [2.45, 2.75) is 58.3 Å². The molecule has 1 atom stereocenters. The summed E-state index contributed by atoms with van der Waals surface area (Å²) in [6, 6.07) is 7.61. The van der Waals surface area contributed by atoms with Crippen LogP contribution in [0.15, 0.2) is 24.3 Å². The van der Waals surface area contributed by atoms with Crippen molar-refractivity contribution in [2.24, 2.45) is 0 Å². The maximum absolute atomic E-state index is 10.9. The summed E-state index contributed by atoms with van der Waals surface area (Å²) in [5.41, 5.74) is 0.923. The normalized spacial score (nSPS) is 11.4. The lowest BCUT2D eigenvalue weighted by Crippen LogP contribution is -2.04. The molecule has 0 heterocycles. The molecular weight excluding hydrogens is 276 g/mol. The third kappa shape index (κ3) is 7.17. The van der Waals surface area contributed by atoms with Crippen molar-refractivity contribution in [2.75, 3.05) is 6.61 Å². The van der Waals surface area contributed by atoms with Crippen molar-refractivity contribution in [3.63, 3.8) is 0 Å². The molecular formula is C19H26O3. The minimum absolute atomic E-state index is 0.0263. The highest BCUT2D eigenvalue weighted by molar-refractivity contribution is 5.69. The van der Waals surface area contributed by atoms with E-state index in [9.17, 15) is 4.79 Å². The number of aliphatic carboxylic acids is 1. The van der Waals surface area contributed by atoms with Gasteiger partial charge in [0.2, 0.25) is 0 Å². The predicted octanol–water partition coefficient (Wildman–Crippen LogP) is 4.62. The van der Waals surface area contributed by atoms with Crippen molar-refractivity contribution >= 4 is 5.97 Å². The van der Waals surface area contributed by atoms with Crippen LogP contribution in [0, 0.1) is 11.8 Å². The number of carboxylic acid groups (broad SMARTS) is 1. The van der Waals surface area contributed by atoms with Crippen LogP contribution >= 0.6 is 0 Å². The van der Waals surface area contributed by atoms with Crippen molar-refractivity contribution in [3.05, 3.63) is 29.8 Å². The molecule has 3 nitrogen and oxygen atoms in total. The van der Waals surface area contributed by atoms with E-state index in [4.69, 9.17) is 9.84 Å². The summed E-state index contributed by atoms with van der Waals surface area (Å²) in [5.74, 6) is 5.49. The summed E-state index contributed by atoms with van der Waals surface area (Å²) in [6.07, 6.45) is 6.12. The number of rotatable bonds is 10. The molecule has 0 radical (unpaired) electrons. The number of benzene rings is 1. The zero-order valence-electron chi connectivity index (χ0n) is 13.6. The second-order valence-electron chi connectivity index (χ2n) is 5.38. The first-order valence-electron chi connectivity index (χ1n) is 8.04. The standard InChI is InChI=1S/C19H26O3/c1-3-5-6-7-8-14-22-18-12-10-16(11-13-18)17(9-4-2)15-19(20)21/h10-13,17H,3,5-8,14-15H2,1-2H3,(H,20,21)/t17-/m1/s1. The summed E-state index contributed by atoms with van der Waals surface area (Å²) < 4.78 is 5.71. The van der Waals surface area contributed by atoms with Gasteiger partial charge in [-0.3, -0.25) is 4.79 Å². The van der Waals surface area contributed by atoms with Crippen LogP contribution in [0.4, 0.5) is 0 Å². The molecule has 22 heavy (non-hydrogen) atoms. The molecule has 0 amide bonds. The van der Waals surface area contributed by atoms with E-state index >= 15 is 0 Å². The number of unbranched alkanes of at least 4 members (excludes halogenated alkanes) is 4. The lowest BCUT2D eigenvalue weighted by Gasteiger charge is -2.10. The Bertz CT molecular complexity index is 494. The Morgan fingerprint density at radius 3 is 2.45 bits per heavy atom. The van der Waals surface area contributed by atoms with E-state index in [1.165, 1.54) is 25.7 Å². The van der Waals surface area contributed by atoms with Gasteiger partial charge in [0.1, 0.15) is 5.75 Å². The van der Waals surface area contributed by atoms with E-state index in [1.807, 2.05) is 24.3 Å². The third-order valence-electron chi connectivity index (χ3n) is 3.50. The van der Waals surface area contributed by atoms with Gasteiger partial charge in [-0.05, 0) is 31.0 Å². The van der Waals surface area contributed by atoms with E-state index in [-0.39, 0.29) is 12.3 Å². The van der Waals surface area contributed by atoms with Gasteiger partial charge in [0.05, 0.1) is 18.9 Å². The number of hydrogen-bond donors (Lipinski definition) is 1. The van der Waals surface area contributed by atoms with Crippen LogP contribution in [0.25, 0.3) is 0 Å². The van der Waals surface area contributed by atoms with Crippen LogP contribution in [0.2, 0.25) is 0 Å². The minimum atomic E-state index is -0.833. The van der Waals surface area contributed by atoms with Gasteiger partial charge in [-0.15, -0.1) is 5.92 Å². The van der Waals surface area contributed by atoms with Crippen molar-refractivity contribution in [3.8, 4) is 17.6 Å². The van der Waals surface area contributed by atoms with Gasteiger partial charge in [-0.1, -0.05) is 50.7 Å². The molecule has 0 aliphatic carbocycles. The largest absolute Gasteiger partial charge is 0.494 e. The molecule has 0 saturated carbocycles. The van der Waals surface area contributed by atoms with Crippen molar-refractivity contribution in [1.29, 1.82) is 0 Å². The maximum atomic E-state index is 10.9. The highest BCUT2D eigenvalue weighted by Gasteiger charge is 2.12. The molecule has 1 aromatic rings. The zero-order valence-corrected chi connectivity index (χ0v) is 13.6. The van der Waals surface area contributed by atoms with Crippen LogP contribution in [-0.2, 0) is 4.79 Å². The molecule has 0 bridgehead atoms. The van der Waals surface area contributed by atoms with Crippen LogP contribution in [0.3, 0.4) is 0 Å². The van der Waals surface area contributed by atoms with Crippen LogP contribution < -0.4 is 4.74 Å². The third-order valence-corrected chi connectivity index (χ3v) is 3.50. The molecule has 0 fully saturated rings. The summed E-state index contributed by atoms with van der Waals surface area (Å²) in [4.78, 5) is 10.9. The Morgan fingerprint density at radius 2 is 1.86 bits per heavy atom. The SMILES string of the molecule is CC#C[C@H](CC(=O)O)c1ccc(OCCCCCCC)cc1. The monoisotopic (exact) mass is 302 g/mol. The molecule has 1 rings (SSSR count). The van der Waals surface area contributed by atoms with Crippen LogP contribution in [0.1, 0.15) is 63.9 Å². The smallest absolute Gasteiger partial charge is 0.304 e. The van der Waals surface area contributed by atoms with Gasteiger partial charge in [-0.2, -0.15) is 0 Å². The minimum Gasteiger partial charge on any atom is -0.494 e. The first kappa shape index (κ1) is 18.1. The highest BCUT2D eigenvalue weighted by Crippen LogP contribution is 2.22. The highest BCUT2D eigenvalue weighted by atomic mass is 16.5.